The van der Waals surface area contributed by atoms with E-state index in [0.29, 0.717) is 5.92 Å². The van der Waals surface area contributed by atoms with Crippen LogP contribution in [0, 0.1) is 11.8 Å². The Bertz CT molecular complexity index is 105. The van der Waals surface area contributed by atoms with Crippen LogP contribution in [0.2, 0.25) is 0 Å². The van der Waals surface area contributed by atoms with Gasteiger partial charge in [0, 0.05) is 0 Å². The maximum absolute atomic E-state index is 3.79. The molecule has 2 atom stereocenters. The second-order valence-electron chi connectivity index (χ2n) is 4.04. The van der Waals surface area contributed by atoms with E-state index in [2.05, 4.69) is 33.4 Å². The van der Waals surface area contributed by atoms with Gasteiger partial charge in [0.25, 0.3) is 0 Å². The topological polar surface area (TPSA) is 0 Å². The predicted octanol–water partition coefficient (Wildman–Crippen LogP) is 4.42. The minimum Gasteiger partial charge on any atom is -0.103 e. The molecular formula is C12H24. The third-order valence-corrected chi connectivity index (χ3v) is 2.54. The Labute approximate surface area is 78.1 Å². The molecule has 0 aliphatic heterocycles. The van der Waals surface area contributed by atoms with Crippen LogP contribution in [-0.2, 0) is 0 Å². The monoisotopic (exact) mass is 168 g/mol. The second-order valence-corrected chi connectivity index (χ2v) is 4.04. The maximum atomic E-state index is 3.79. The molecule has 0 aromatic rings. The van der Waals surface area contributed by atoms with Crippen molar-refractivity contribution in [2.75, 3.05) is 0 Å². The zero-order valence-electron chi connectivity index (χ0n) is 8.97. The molecule has 0 spiro atoms. The first kappa shape index (κ1) is 11.7. The van der Waals surface area contributed by atoms with Crippen molar-refractivity contribution in [3.63, 3.8) is 0 Å². The summed E-state index contributed by atoms with van der Waals surface area (Å²) < 4.78 is 0. The average Bonchev–Trinajstić information content (AvgIpc) is 2.04. The molecule has 0 amide bonds. The van der Waals surface area contributed by atoms with Crippen LogP contribution in [0.25, 0.3) is 0 Å². The summed E-state index contributed by atoms with van der Waals surface area (Å²) in [7, 11) is 0. The molecule has 0 aromatic carbocycles. The summed E-state index contributed by atoms with van der Waals surface area (Å²) in [6.07, 6.45) is 8.86. The van der Waals surface area contributed by atoms with E-state index in [4.69, 9.17) is 0 Å². The lowest BCUT2D eigenvalue weighted by Gasteiger charge is -2.10. The molecule has 0 radical (unpaired) electrons. The Morgan fingerprint density at radius 3 is 2.33 bits per heavy atom. The largest absolute Gasteiger partial charge is 0.103 e. The van der Waals surface area contributed by atoms with Crippen LogP contribution in [0.4, 0.5) is 0 Å². The van der Waals surface area contributed by atoms with Crippen LogP contribution in [0.5, 0.6) is 0 Å². The number of hydrogen-bond donors (Lipinski definition) is 0. The number of hydrogen-bond acceptors (Lipinski definition) is 0. The first-order valence-corrected chi connectivity index (χ1v) is 5.33. The molecule has 0 heterocycles. The molecule has 12 heavy (non-hydrogen) atoms. The van der Waals surface area contributed by atoms with Crippen LogP contribution in [0.1, 0.15) is 52.9 Å². The smallest absolute Gasteiger partial charge is 0.0265 e. The Hall–Kier alpha value is -0.260. The molecule has 0 saturated carbocycles. The Balaban J connectivity index is 3.23. The molecular weight excluding hydrogens is 144 g/mol. The van der Waals surface area contributed by atoms with Gasteiger partial charge in [0.15, 0.2) is 0 Å². The third kappa shape index (κ3) is 6.45. The van der Waals surface area contributed by atoms with Crippen molar-refractivity contribution in [2.45, 2.75) is 52.9 Å². The molecule has 0 saturated heterocycles. The molecule has 0 aromatic heterocycles. The summed E-state index contributed by atoms with van der Waals surface area (Å²) in [5.41, 5.74) is 0. The lowest BCUT2D eigenvalue weighted by molar-refractivity contribution is 0.444. The first-order chi connectivity index (χ1) is 5.70. The van der Waals surface area contributed by atoms with Crippen molar-refractivity contribution >= 4 is 0 Å². The standard InChI is InChI=1S/C12H24/c1-5-8-12(4)10-7-9-11(3)6-2/h6,11-12H,2,5,7-10H2,1,3-4H3. The maximum Gasteiger partial charge on any atom is -0.0265 e. The minimum absolute atomic E-state index is 0.707. The quantitative estimate of drug-likeness (QED) is 0.494. The highest BCUT2D eigenvalue weighted by atomic mass is 14.1. The highest BCUT2D eigenvalue weighted by Crippen LogP contribution is 2.16. The fraction of sp³-hybridized carbons (Fsp3) is 0.833. The molecule has 0 aliphatic carbocycles. The van der Waals surface area contributed by atoms with E-state index >= 15 is 0 Å². The molecule has 0 nitrogen and oxygen atoms in total. The summed E-state index contributed by atoms with van der Waals surface area (Å²) in [6, 6.07) is 0. The van der Waals surface area contributed by atoms with E-state index in [-0.39, 0.29) is 0 Å². The van der Waals surface area contributed by atoms with E-state index in [1.807, 2.05) is 0 Å². The Morgan fingerprint density at radius 2 is 1.83 bits per heavy atom. The van der Waals surface area contributed by atoms with Crippen LogP contribution in [0.3, 0.4) is 0 Å². The number of allylic oxidation sites excluding steroid dienone is 1. The third-order valence-electron chi connectivity index (χ3n) is 2.54. The number of rotatable bonds is 7. The summed E-state index contributed by atoms with van der Waals surface area (Å²) in [6.45, 7) is 10.7. The fourth-order valence-corrected chi connectivity index (χ4v) is 1.54. The van der Waals surface area contributed by atoms with Gasteiger partial charge in [-0.25, -0.2) is 0 Å². The van der Waals surface area contributed by atoms with Crippen LogP contribution in [-0.4, -0.2) is 0 Å². The van der Waals surface area contributed by atoms with E-state index < -0.39 is 0 Å². The van der Waals surface area contributed by atoms with Crippen molar-refractivity contribution in [3.8, 4) is 0 Å². The van der Waals surface area contributed by atoms with Gasteiger partial charge in [0.2, 0.25) is 0 Å². The SMILES string of the molecule is C=CC(C)CCCC(C)CCC. The lowest BCUT2D eigenvalue weighted by atomic mass is 9.96. The van der Waals surface area contributed by atoms with Crippen molar-refractivity contribution in [3.05, 3.63) is 12.7 Å². The van der Waals surface area contributed by atoms with E-state index in [0.717, 1.165) is 5.92 Å². The zero-order valence-corrected chi connectivity index (χ0v) is 8.97. The first-order valence-electron chi connectivity index (χ1n) is 5.33. The van der Waals surface area contributed by atoms with Gasteiger partial charge in [-0.15, -0.1) is 6.58 Å². The van der Waals surface area contributed by atoms with E-state index in [1.165, 1.54) is 32.1 Å². The fourth-order valence-electron chi connectivity index (χ4n) is 1.54. The van der Waals surface area contributed by atoms with Gasteiger partial charge in [-0.2, -0.15) is 0 Å². The normalized spacial score (nSPS) is 15.6. The summed E-state index contributed by atoms with van der Waals surface area (Å²) >= 11 is 0. The highest BCUT2D eigenvalue weighted by Gasteiger charge is 2.01. The van der Waals surface area contributed by atoms with Gasteiger partial charge in [-0.05, 0) is 18.3 Å². The molecule has 0 heteroatoms. The molecule has 72 valence electrons. The lowest BCUT2D eigenvalue weighted by Crippen LogP contribution is -1.96. The van der Waals surface area contributed by atoms with Crippen molar-refractivity contribution in [2.24, 2.45) is 11.8 Å². The molecule has 0 rings (SSSR count). The van der Waals surface area contributed by atoms with Crippen LogP contribution >= 0.6 is 0 Å². The van der Waals surface area contributed by atoms with Gasteiger partial charge in [0.05, 0.1) is 0 Å². The van der Waals surface area contributed by atoms with Crippen LogP contribution < -0.4 is 0 Å². The molecule has 2 unspecified atom stereocenters. The minimum atomic E-state index is 0.707. The van der Waals surface area contributed by atoms with Gasteiger partial charge < -0.3 is 0 Å². The van der Waals surface area contributed by atoms with Gasteiger partial charge in [-0.1, -0.05) is 52.5 Å². The van der Waals surface area contributed by atoms with Gasteiger partial charge in [0.1, 0.15) is 0 Å². The summed E-state index contributed by atoms with van der Waals surface area (Å²) in [5.74, 6) is 1.63. The van der Waals surface area contributed by atoms with Crippen molar-refractivity contribution in [1.29, 1.82) is 0 Å². The van der Waals surface area contributed by atoms with E-state index in [9.17, 15) is 0 Å². The molecule has 0 bridgehead atoms. The van der Waals surface area contributed by atoms with Crippen molar-refractivity contribution in [1.82, 2.24) is 0 Å². The Kier molecular flexibility index (Phi) is 7.23. The van der Waals surface area contributed by atoms with Gasteiger partial charge >= 0.3 is 0 Å². The van der Waals surface area contributed by atoms with Gasteiger partial charge in [-0.3, -0.25) is 0 Å². The summed E-state index contributed by atoms with van der Waals surface area (Å²) in [5, 5.41) is 0. The Morgan fingerprint density at radius 1 is 1.17 bits per heavy atom. The average molecular weight is 168 g/mol. The highest BCUT2D eigenvalue weighted by molar-refractivity contribution is 4.74. The molecule has 0 fully saturated rings. The molecule has 0 N–H and O–H groups in total. The summed E-state index contributed by atoms with van der Waals surface area (Å²) in [4.78, 5) is 0. The predicted molar refractivity (Wildman–Crippen MR) is 57.3 cm³/mol. The molecule has 0 aliphatic rings. The second kappa shape index (κ2) is 7.39. The zero-order chi connectivity index (χ0) is 9.40. The van der Waals surface area contributed by atoms with Crippen LogP contribution in [0.15, 0.2) is 12.7 Å². The van der Waals surface area contributed by atoms with E-state index in [1.54, 1.807) is 0 Å². The van der Waals surface area contributed by atoms with Crippen molar-refractivity contribution < 1.29 is 0 Å².